The fraction of sp³-hybridized carbons (Fsp3) is 0.526. The Labute approximate surface area is 151 Å². The molecule has 1 N–H and O–H groups in total. The van der Waals surface area contributed by atoms with E-state index in [4.69, 9.17) is 11.6 Å². The summed E-state index contributed by atoms with van der Waals surface area (Å²) < 4.78 is 0. The molecule has 1 heterocycles. The quantitative estimate of drug-likeness (QED) is 0.842. The summed E-state index contributed by atoms with van der Waals surface area (Å²) in [7, 11) is 0. The number of hydrogen-bond donors (Lipinski definition) is 1. The zero-order valence-corrected chi connectivity index (χ0v) is 14.7. The largest absolute Gasteiger partial charge is 0.348 e. The SMILES string of the molecule is O=C(CN1C(=O)C2CCCCC2C1=O)NC1CCc2cc(Cl)ccc21. The van der Waals surface area contributed by atoms with Gasteiger partial charge >= 0.3 is 0 Å². The summed E-state index contributed by atoms with van der Waals surface area (Å²) >= 11 is 6.01. The third-order valence-electron chi connectivity index (χ3n) is 5.75. The van der Waals surface area contributed by atoms with Crippen molar-refractivity contribution in [3.63, 3.8) is 0 Å². The lowest BCUT2D eigenvalue weighted by Crippen LogP contribution is -2.41. The molecule has 0 radical (unpaired) electrons. The number of likely N-dealkylation sites (tertiary alicyclic amines) is 1. The predicted molar refractivity (Wildman–Crippen MR) is 92.8 cm³/mol. The number of amides is 3. The van der Waals surface area contributed by atoms with Crippen LogP contribution < -0.4 is 5.32 Å². The van der Waals surface area contributed by atoms with Crippen LogP contribution in [0.1, 0.15) is 49.3 Å². The zero-order valence-electron chi connectivity index (χ0n) is 14.0. The molecule has 25 heavy (non-hydrogen) atoms. The first-order valence-electron chi connectivity index (χ1n) is 8.97. The molecule has 0 spiro atoms. The molecule has 3 unspecified atom stereocenters. The average molecular weight is 361 g/mol. The van der Waals surface area contributed by atoms with Crippen LogP contribution in [0, 0.1) is 11.8 Å². The van der Waals surface area contributed by atoms with Crippen LogP contribution in [0.4, 0.5) is 0 Å². The second kappa shape index (κ2) is 6.45. The highest BCUT2D eigenvalue weighted by Gasteiger charge is 2.48. The maximum atomic E-state index is 12.5. The van der Waals surface area contributed by atoms with Crippen molar-refractivity contribution >= 4 is 29.3 Å². The van der Waals surface area contributed by atoms with Crippen molar-refractivity contribution in [1.82, 2.24) is 10.2 Å². The number of benzene rings is 1. The molecular formula is C19H21ClN2O3. The van der Waals surface area contributed by atoms with E-state index >= 15 is 0 Å². The molecule has 6 heteroatoms. The maximum Gasteiger partial charge on any atom is 0.240 e. The number of nitrogens with one attached hydrogen (secondary N) is 1. The number of carbonyl (C=O) groups excluding carboxylic acids is 3. The van der Waals surface area contributed by atoms with E-state index in [2.05, 4.69) is 5.32 Å². The van der Waals surface area contributed by atoms with Crippen LogP contribution in [-0.4, -0.2) is 29.2 Å². The van der Waals surface area contributed by atoms with E-state index in [-0.39, 0.29) is 42.1 Å². The summed E-state index contributed by atoms with van der Waals surface area (Å²) in [5, 5.41) is 3.67. The topological polar surface area (TPSA) is 66.5 Å². The van der Waals surface area contributed by atoms with Crippen LogP contribution >= 0.6 is 11.6 Å². The van der Waals surface area contributed by atoms with Crippen LogP contribution in [0.5, 0.6) is 0 Å². The molecule has 1 saturated heterocycles. The molecular weight excluding hydrogens is 340 g/mol. The Morgan fingerprint density at radius 3 is 2.48 bits per heavy atom. The van der Waals surface area contributed by atoms with E-state index < -0.39 is 0 Å². The Morgan fingerprint density at radius 2 is 1.80 bits per heavy atom. The minimum atomic E-state index is -0.270. The van der Waals surface area contributed by atoms with E-state index in [1.165, 1.54) is 4.90 Å². The van der Waals surface area contributed by atoms with Crippen molar-refractivity contribution in [2.24, 2.45) is 11.8 Å². The molecule has 5 nitrogen and oxygen atoms in total. The third-order valence-corrected chi connectivity index (χ3v) is 5.99. The molecule has 4 rings (SSSR count). The molecule has 3 amide bonds. The highest BCUT2D eigenvalue weighted by atomic mass is 35.5. The number of imide groups is 1. The van der Waals surface area contributed by atoms with Gasteiger partial charge in [0, 0.05) is 5.02 Å². The lowest BCUT2D eigenvalue weighted by atomic mass is 9.81. The summed E-state index contributed by atoms with van der Waals surface area (Å²) in [5.74, 6) is -1.01. The first-order valence-corrected chi connectivity index (χ1v) is 9.35. The fourth-order valence-electron chi connectivity index (χ4n) is 4.51. The van der Waals surface area contributed by atoms with Gasteiger partial charge in [0.2, 0.25) is 17.7 Å². The van der Waals surface area contributed by atoms with Crippen LogP contribution in [0.2, 0.25) is 5.02 Å². The third kappa shape index (κ3) is 2.95. The number of fused-ring (bicyclic) bond motifs is 2. The van der Waals surface area contributed by atoms with Crippen molar-refractivity contribution in [3.8, 4) is 0 Å². The smallest absolute Gasteiger partial charge is 0.240 e. The van der Waals surface area contributed by atoms with Crippen molar-refractivity contribution in [2.45, 2.75) is 44.6 Å². The summed E-state index contributed by atoms with van der Waals surface area (Å²) in [6, 6.07) is 5.62. The molecule has 3 atom stereocenters. The summed E-state index contributed by atoms with van der Waals surface area (Å²) in [6.07, 6.45) is 5.19. The number of halogens is 1. The van der Waals surface area contributed by atoms with Crippen LogP contribution in [0.25, 0.3) is 0 Å². The standard InChI is InChI=1S/C19H21ClN2O3/c20-12-6-7-13-11(9-12)5-8-16(13)21-17(23)10-22-18(24)14-3-1-2-4-15(14)19(22)25/h6-7,9,14-16H,1-5,8,10H2,(H,21,23). The Kier molecular flexibility index (Phi) is 4.28. The monoisotopic (exact) mass is 360 g/mol. The number of hydrogen-bond acceptors (Lipinski definition) is 3. The highest BCUT2D eigenvalue weighted by Crippen LogP contribution is 2.38. The predicted octanol–water partition coefficient (Wildman–Crippen LogP) is 2.62. The second-order valence-electron chi connectivity index (χ2n) is 7.26. The number of carbonyl (C=O) groups is 3. The Balaban J connectivity index is 1.42. The molecule has 2 fully saturated rings. The molecule has 1 aromatic carbocycles. The van der Waals surface area contributed by atoms with E-state index in [1.807, 2.05) is 18.2 Å². The Hall–Kier alpha value is -1.88. The summed E-state index contributed by atoms with van der Waals surface area (Å²) in [4.78, 5) is 38.6. The summed E-state index contributed by atoms with van der Waals surface area (Å²) in [5.41, 5.74) is 2.22. The van der Waals surface area contributed by atoms with E-state index in [0.717, 1.165) is 49.7 Å². The first kappa shape index (κ1) is 16.6. The lowest BCUT2D eigenvalue weighted by Gasteiger charge is -2.19. The van der Waals surface area contributed by atoms with Crippen molar-refractivity contribution in [2.75, 3.05) is 6.54 Å². The first-order chi connectivity index (χ1) is 12.0. The minimum absolute atomic E-state index is 0.0742. The van der Waals surface area contributed by atoms with Crippen molar-refractivity contribution < 1.29 is 14.4 Å². The molecule has 0 bridgehead atoms. The van der Waals surface area contributed by atoms with Gasteiger partial charge in [-0.05, 0) is 48.9 Å². The maximum absolute atomic E-state index is 12.5. The Bertz CT molecular complexity index is 724. The van der Waals surface area contributed by atoms with Gasteiger partial charge in [0.15, 0.2) is 0 Å². The molecule has 1 aromatic rings. The number of aryl methyl sites for hydroxylation is 1. The average Bonchev–Trinajstić information content (AvgIpc) is 3.09. The molecule has 0 aromatic heterocycles. The molecule has 132 valence electrons. The normalized spacial score (nSPS) is 28.0. The molecule has 1 saturated carbocycles. The van der Waals surface area contributed by atoms with Crippen molar-refractivity contribution in [3.05, 3.63) is 34.3 Å². The van der Waals surface area contributed by atoms with Crippen LogP contribution in [0.3, 0.4) is 0 Å². The summed E-state index contributed by atoms with van der Waals surface area (Å²) in [6.45, 7) is -0.163. The minimum Gasteiger partial charge on any atom is -0.348 e. The van der Waals surface area contributed by atoms with Gasteiger partial charge < -0.3 is 5.32 Å². The van der Waals surface area contributed by atoms with E-state index in [0.29, 0.717) is 5.02 Å². The van der Waals surface area contributed by atoms with E-state index in [1.54, 1.807) is 0 Å². The van der Waals surface area contributed by atoms with Gasteiger partial charge in [0.05, 0.1) is 17.9 Å². The Morgan fingerprint density at radius 1 is 1.12 bits per heavy atom. The van der Waals surface area contributed by atoms with Gasteiger partial charge in [-0.2, -0.15) is 0 Å². The van der Waals surface area contributed by atoms with Gasteiger partial charge in [-0.25, -0.2) is 0 Å². The molecule has 1 aliphatic heterocycles. The highest BCUT2D eigenvalue weighted by molar-refractivity contribution is 6.30. The number of rotatable bonds is 3. The molecule has 2 aliphatic carbocycles. The molecule has 3 aliphatic rings. The van der Waals surface area contributed by atoms with Gasteiger partial charge in [-0.1, -0.05) is 30.5 Å². The van der Waals surface area contributed by atoms with Gasteiger partial charge in [-0.15, -0.1) is 0 Å². The van der Waals surface area contributed by atoms with E-state index in [9.17, 15) is 14.4 Å². The van der Waals surface area contributed by atoms with Crippen LogP contribution in [0.15, 0.2) is 18.2 Å². The number of nitrogens with zero attached hydrogens (tertiary/aromatic N) is 1. The fourth-order valence-corrected chi connectivity index (χ4v) is 4.70. The van der Waals surface area contributed by atoms with Gasteiger partial charge in [-0.3, -0.25) is 19.3 Å². The lowest BCUT2D eigenvalue weighted by molar-refractivity contribution is -0.143. The van der Waals surface area contributed by atoms with Gasteiger partial charge in [0.25, 0.3) is 0 Å². The van der Waals surface area contributed by atoms with Crippen molar-refractivity contribution in [1.29, 1.82) is 0 Å². The van der Waals surface area contributed by atoms with Crippen LogP contribution in [-0.2, 0) is 20.8 Å². The zero-order chi connectivity index (χ0) is 17.6. The second-order valence-corrected chi connectivity index (χ2v) is 7.70. The van der Waals surface area contributed by atoms with Gasteiger partial charge in [0.1, 0.15) is 6.54 Å².